The van der Waals surface area contributed by atoms with Gasteiger partial charge in [-0.05, 0) is 11.6 Å². The molecule has 17 heavy (non-hydrogen) atoms. The van der Waals surface area contributed by atoms with Gasteiger partial charge < -0.3 is 10.8 Å². The van der Waals surface area contributed by atoms with Crippen molar-refractivity contribution in [1.82, 2.24) is 0 Å². The summed E-state index contributed by atoms with van der Waals surface area (Å²) < 4.78 is 38.2. The maximum Gasteiger partial charge on any atom is 0.417 e. The standard InChI is InChI=1S/C10H7F3N2O2/c11-10(12,13)8-6(4-15)2-1-5(3-14)7(8)9(16)17/h1-2H,4,15H2,(H,16,17). The van der Waals surface area contributed by atoms with E-state index in [1.807, 2.05) is 0 Å². The quantitative estimate of drug-likeness (QED) is 0.829. The number of nitrogens with zero attached hydrogens (tertiary/aromatic N) is 1. The molecule has 0 fully saturated rings. The predicted molar refractivity (Wildman–Crippen MR) is 51.0 cm³/mol. The molecule has 0 unspecified atom stereocenters. The smallest absolute Gasteiger partial charge is 0.417 e. The van der Waals surface area contributed by atoms with Crippen molar-refractivity contribution in [1.29, 1.82) is 5.26 Å². The highest BCUT2D eigenvalue weighted by Gasteiger charge is 2.39. The van der Waals surface area contributed by atoms with Crippen LogP contribution in [0, 0.1) is 11.3 Å². The van der Waals surface area contributed by atoms with E-state index in [4.69, 9.17) is 16.1 Å². The Kier molecular flexibility index (Phi) is 3.39. The number of benzene rings is 1. The number of carboxylic acid groups (broad SMARTS) is 1. The van der Waals surface area contributed by atoms with E-state index in [1.165, 1.54) is 6.07 Å². The fourth-order valence-corrected chi connectivity index (χ4v) is 1.46. The molecule has 0 heterocycles. The zero-order valence-electron chi connectivity index (χ0n) is 8.38. The molecule has 0 radical (unpaired) electrons. The number of hydrogen-bond donors (Lipinski definition) is 2. The molecule has 0 aromatic heterocycles. The molecule has 0 aliphatic rings. The highest BCUT2D eigenvalue weighted by Crippen LogP contribution is 2.36. The molecule has 90 valence electrons. The molecular formula is C10H7F3N2O2. The first kappa shape index (κ1) is 13.0. The second kappa shape index (κ2) is 4.43. The van der Waals surface area contributed by atoms with Crippen LogP contribution >= 0.6 is 0 Å². The van der Waals surface area contributed by atoms with Crippen LogP contribution in [0.4, 0.5) is 13.2 Å². The fraction of sp³-hybridized carbons (Fsp3) is 0.200. The molecule has 0 aliphatic carbocycles. The van der Waals surface area contributed by atoms with Gasteiger partial charge in [-0.2, -0.15) is 18.4 Å². The van der Waals surface area contributed by atoms with E-state index in [9.17, 15) is 18.0 Å². The summed E-state index contributed by atoms with van der Waals surface area (Å²) in [6.07, 6.45) is -4.87. The molecule has 3 N–H and O–H groups in total. The van der Waals surface area contributed by atoms with E-state index >= 15 is 0 Å². The first-order valence-electron chi connectivity index (χ1n) is 4.39. The van der Waals surface area contributed by atoms with Crippen LogP contribution in [-0.4, -0.2) is 11.1 Å². The van der Waals surface area contributed by atoms with Gasteiger partial charge in [0.15, 0.2) is 0 Å². The molecule has 1 aromatic carbocycles. The van der Waals surface area contributed by atoms with Gasteiger partial charge >= 0.3 is 12.1 Å². The molecule has 1 rings (SSSR count). The van der Waals surface area contributed by atoms with E-state index in [-0.39, 0.29) is 5.56 Å². The summed E-state index contributed by atoms with van der Waals surface area (Å²) in [5.74, 6) is -1.80. The first-order chi connectivity index (χ1) is 7.82. The topological polar surface area (TPSA) is 87.1 Å². The third-order valence-corrected chi connectivity index (χ3v) is 2.13. The van der Waals surface area contributed by atoms with Crippen LogP contribution in [0.15, 0.2) is 12.1 Å². The van der Waals surface area contributed by atoms with Crippen molar-refractivity contribution in [2.75, 3.05) is 0 Å². The van der Waals surface area contributed by atoms with Crippen molar-refractivity contribution in [3.63, 3.8) is 0 Å². The van der Waals surface area contributed by atoms with Crippen LogP contribution in [0.1, 0.15) is 27.0 Å². The Morgan fingerprint density at radius 1 is 1.47 bits per heavy atom. The Bertz CT molecular complexity index is 503. The summed E-state index contributed by atoms with van der Waals surface area (Å²) in [4.78, 5) is 10.8. The predicted octanol–water partition coefficient (Wildman–Crippen LogP) is 1.73. The lowest BCUT2D eigenvalue weighted by atomic mass is 9.96. The number of carbonyl (C=O) groups is 1. The summed E-state index contributed by atoms with van der Waals surface area (Å²) in [6.45, 7) is -0.458. The average Bonchev–Trinajstić information content (AvgIpc) is 2.25. The monoisotopic (exact) mass is 244 g/mol. The number of aromatic carboxylic acids is 1. The molecule has 0 amide bonds. The Morgan fingerprint density at radius 2 is 2.06 bits per heavy atom. The van der Waals surface area contributed by atoms with Gasteiger partial charge in [0, 0.05) is 6.54 Å². The number of alkyl halides is 3. The largest absolute Gasteiger partial charge is 0.478 e. The summed E-state index contributed by atoms with van der Waals surface area (Å²) in [6, 6.07) is 3.44. The molecule has 0 atom stereocenters. The molecule has 0 aliphatic heterocycles. The van der Waals surface area contributed by atoms with E-state index < -0.39 is 35.4 Å². The first-order valence-corrected chi connectivity index (χ1v) is 4.39. The number of nitrogens with two attached hydrogens (primary N) is 1. The van der Waals surface area contributed by atoms with Gasteiger partial charge in [0.1, 0.15) is 6.07 Å². The van der Waals surface area contributed by atoms with Crippen LogP contribution in [-0.2, 0) is 12.7 Å². The maximum atomic E-state index is 12.7. The molecule has 0 saturated carbocycles. The molecule has 4 nitrogen and oxygen atoms in total. The minimum atomic E-state index is -4.87. The molecule has 0 bridgehead atoms. The third kappa shape index (κ3) is 2.37. The van der Waals surface area contributed by atoms with Crippen LogP contribution in [0.3, 0.4) is 0 Å². The Labute approximate surface area is 94.1 Å². The summed E-state index contributed by atoms with van der Waals surface area (Å²) in [5.41, 5.74) is 1.83. The average molecular weight is 244 g/mol. The normalized spacial score (nSPS) is 11.0. The Hall–Kier alpha value is -2.07. The summed E-state index contributed by atoms with van der Waals surface area (Å²) in [7, 11) is 0. The number of carboxylic acids is 1. The van der Waals surface area contributed by atoms with E-state index in [1.54, 1.807) is 0 Å². The lowest BCUT2D eigenvalue weighted by Crippen LogP contribution is -2.19. The second-order valence-electron chi connectivity index (χ2n) is 3.14. The second-order valence-corrected chi connectivity index (χ2v) is 3.14. The summed E-state index contributed by atoms with van der Waals surface area (Å²) in [5, 5.41) is 17.4. The number of halogens is 3. The van der Waals surface area contributed by atoms with Gasteiger partial charge in [-0.25, -0.2) is 4.79 Å². The molecular weight excluding hydrogens is 237 g/mol. The summed E-state index contributed by atoms with van der Waals surface area (Å²) >= 11 is 0. The highest BCUT2D eigenvalue weighted by atomic mass is 19.4. The van der Waals surface area contributed by atoms with Gasteiger partial charge in [0.05, 0.1) is 16.7 Å². The van der Waals surface area contributed by atoms with E-state index in [0.717, 1.165) is 12.1 Å². The minimum Gasteiger partial charge on any atom is -0.478 e. The number of rotatable bonds is 2. The van der Waals surface area contributed by atoms with Crippen LogP contribution in [0.25, 0.3) is 0 Å². The van der Waals surface area contributed by atoms with Gasteiger partial charge in [0.25, 0.3) is 0 Å². The lowest BCUT2D eigenvalue weighted by molar-refractivity contribution is -0.138. The Balaban J connectivity index is 3.73. The minimum absolute atomic E-state index is 0.353. The zero-order valence-corrected chi connectivity index (χ0v) is 8.38. The molecule has 0 spiro atoms. The fourth-order valence-electron chi connectivity index (χ4n) is 1.46. The van der Waals surface area contributed by atoms with Crippen molar-refractivity contribution in [3.05, 3.63) is 34.4 Å². The SMILES string of the molecule is N#Cc1ccc(CN)c(C(F)(F)F)c1C(=O)O. The number of nitriles is 1. The molecule has 1 aromatic rings. The van der Waals surface area contributed by atoms with Crippen LogP contribution in [0.2, 0.25) is 0 Å². The van der Waals surface area contributed by atoms with Crippen LogP contribution < -0.4 is 5.73 Å². The van der Waals surface area contributed by atoms with Crippen LogP contribution in [0.5, 0.6) is 0 Å². The van der Waals surface area contributed by atoms with Crippen molar-refractivity contribution < 1.29 is 23.1 Å². The van der Waals surface area contributed by atoms with E-state index in [0.29, 0.717) is 0 Å². The molecule has 0 saturated heterocycles. The zero-order chi connectivity index (χ0) is 13.2. The van der Waals surface area contributed by atoms with Crippen molar-refractivity contribution in [3.8, 4) is 6.07 Å². The van der Waals surface area contributed by atoms with Crippen molar-refractivity contribution in [2.24, 2.45) is 5.73 Å². The Morgan fingerprint density at radius 3 is 2.41 bits per heavy atom. The third-order valence-electron chi connectivity index (χ3n) is 2.13. The van der Waals surface area contributed by atoms with Gasteiger partial charge in [-0.1, -0.05) is 6.07 Å². The maximum absolute atomic E-state index is 12.7. The van der Waals surface area contributed by atoms with Crippen molar-refractivity contribution in [2.45, 2.75) is 12.7 Å². The van der Waals surface area contributed by atoms with Gasteiger partial charge in [0.2, 0.25) is 0 Å². The molecule has 7 heteroatoms. The number of hydrogen-bond acceptors (Lipinski definition) is 3. The lowest BCUT2D eigenvalue weighted by Gasteiger charge is -2.15. The van der Waals surface area contributed by atoms with Gasteiger partial charge in [-0.15, -0.1) is 0 Å². The van der Waals surface area contributed by atoms with Crippen molar-refractivity contribution >= 4 is 5.97 Å². The van der Waals surface area contributed by atoms with Gasteiger partial charge in [-0.3, -0.25) is 0 Å². The van der Waals surface area contributed by atoms with E-state index in [2.05, 4.69) is 0 Å². The highest BCUT2D eigenvalue weighted by molar-refractivity contribution is 5.93.